The molecule has 0 spiro atoms. The maximum Gasteiger partial charge on any atom is 0.387 e. The predicted octanol–water partition coefficient (Wildman–Crippen LogP) is 2.83. The van der Waals surface area contributed by atoms with Gasteiger partial charge in [0.25, 0.3) is 5.91 Å². The molecule has 0 radical (unpaired) electrons. The summed E-state index contributed by atoms with van der Waals surface area (Å²) in [6, 6.07) is 9.13. The zero-order valence-electron chi connectivity index (χ0n) is 14.4. The molecule has 0 saturated heterocycles. The summed E-state index contributed by atoms with van der Waals surface area (Å²) in [6.07, 6.45) is 0. The van der Waals surface area contributed by atoms with Crippen LogP contribution in [-0.2, 0) is 0 Å². The number of halogens is 2. The lowest BCUT2D eigenvalue weighted by atomic mass is 10.2. The van der Waals surface area contributed by atoms with Gasteiger partial charge in [0.15, 0.2) is 23.0 Å². The lowest BCUT2D eigenvalue weighted by Crippen LogP contribution is -2.28. The highest BCUT2D eigenvalue weighted by Crippen LogP contribution is 2.35. The first-order chi connectivity index (χ1) is 13.1. The van der Waals surface area contributed by atoms with Gasteiger partial charge in [0, 0.05) is 11.6 Å². The van der Waals surface area contributed by atoms with E-state index in [9.17, 15) is 13.6 Å². The van der Waals surface area contributed by atoms with Crippen LogP contribution in [0.5, 0.6) is 28.7 Å². The van der Waals surface area contributed by atoms with Gasteiger partial charge in [0.2, 0.25) is 6.79 Å². The van der Waals surface area contributed by atoms with Crippen LogP contribution >= 0.6 is 0 Å². The molecule has 2 aromatic rings. The second kappa shape index (κ2) is 8.43. The fraction of sp³-hybridized carbons (Fsp3) is 0.278. The Morgan fingerprint density at radius 2 is 1.96 bits per heavy atom. The van der Waals surface area contributed by atoms with E-state index in [-0.39, 0.29) is 37.0 Å². The second-order valence-electron chi connectivity index (χ2n) is 5.36. The van der Waals surface area contributed by atoms with Crippen molar-refractivity contribution in [2.75, 3.05) is 27.1 Å². The van der Waals surface area contributed by atoms with E-state index < -0.39 is 12.5 Å². The summed E-state index contributed by atoms with van der Waals surface area (Å²) in [5.41, 5.74) is 0.247. The number of amides is 1. The molecule has 1 amide bonds. The number of nitrogens with one attached hydrogen (secondary N) is 1. The third kappa shape index (κ3) is 4.69. The molecule has 0 fully saturated rings. The van der Waals surface area contributed by atoms with Crippen molar-refractivity contribution < 1.29 is 37.3 Å². The van der Waals surface area contributed by atoms with Crippen molar-refractivity contribution in [2.45, 2.75) is 6.61 Å². The Kier molecular flexibility index (Phi) is 5.80. The summed E-state index contributed by atoms with van der Waals surface area (Å²) in [7, 11) is 1.30. The van der Waals surface area contributed by atoms with Crippen LogP contribution in [0.2, 0.25) is 0 Å². The van der Waals surface area contributed by atoms with Gasteiger partial charge in [-0.1, -0.05) is 0 Å². The monoisotopic (exact) mass is 381 g/mol. The minimum atomic E-state index is -2.98. The molecule has 27 heavy (non-hydrogen) atoms. The summed E-state index contributed by atoms with van der Waals surface area (Å²) in [5, 5.41) is 2.67. The standard InChI is InChI=1S/C18H17F2NO6/c1-23-15-8-11(2-4-14(15)27-18(19)20)17(22)21-6-7-24-12-3-5-13-16(9-12)26-10-25-13/h2-5,8-9,18H,6-7,10H2,1H3,(H,21,22). The van der Waals surface area contributed by atoms with E-state index in [0.717, 1.165) is 0 Å². The SMILES string of the molecule is COc1cc(C(=O)NCCOc2ccc3c(c2)OCO3)ccc1OC(F)F. The fourth-order valence-electron chi connectivity index (χ4n) is 2.40. The number of hydrogen-bond acceptors (Lipinski definition) is 6. The molecule has 1 aliphatic rings. The van der Waals surface area contributed by atoms with E-state index in [1.54, 1.807) is 18.2 Å². The van der Waals surface area contributed by atoms with Crippen LogP contribution in [0.3, 0.4) is 0 Å². The molecular weight excluding hydrogens is 364 g/mol. The number of methoxy groups -OCH3 is 1. The number of ether oxygens (including phenoxy) is 5. The summed E-state index contributed by atoms with van der Waals surface area (Å²) in [5.74, 6) is 1.35. The van der Waals surface area contributed by atoms with Gasteiger partial charge in [-0.2, -0.15) is 8.78 Å². The van der Waals surface area contributed by atoms with Gasteiger partial charge in [0.05, 0.1) is 13.7 Å². The van der Waals surface area contributed by atoms with Crippen LogP contribution in [0.4, 0.5) is 8.78 Å². The number of fused-ring (bicyclic) bond motifs is 1. The van der Waals surface area contributed by atoms with Gasteiger partial charge in [-0.05, 0) is 30.3 Å². The van der Waals surface area contributed by atoms with Crippen LogP contribution in [0.25, 0.3) is 0 Å². The lowest BCUT2D eigenvalue weighted by Gasteiger charge is -2.12. The first-order valence-corrected chi connectivity index (χ1v) is 8.00. The zero-order chi connectivity index (χ0) is 19.2. The summed E-state index contributed by atoms with van der Waals surface area (Å²) < 4.78 is 50.0. The summed E-state index contributed by atoms with van der Waals surface area (Å²) in [4.78, 5) is 12.2. The number of carbonyl (C=O) groups excluding carboxylic acids is 1. The molecule has 0 aromatic heterocycles. The highest BCUT2D eigenvalue weighted by molar-refractivity contribution is 5.94. The van der Waals surface area contributed by atoms with Crippen LogP contribution in [-0.4, -0.2) is 39.6 Å². The van der Waals surface area contributed by atoms with Gasteiger partial charge in [-0.25, -0.2) is 0 Å². The average Bonchev–Trinajstić information content (AvgIpc) is 3.12. The smallest absolute Gasteiger partial charge is 0.387 e. The van der Waals surface area contributed by atoms with Crippen molar-refractivity contribution in [1.29, 1.82) is 0 Å². The van der Waals surface area contributed by atoms with E-state index >= 15 is 0 Å². The number of alkyl halides is 2. The highest BCUT2D eigenvalue weighted by atomic mass is 19.3. The average molecular weight is 381 g/mol. The Bertz CT molecular complexity index is 814. The van der Waals surface area contributed by atoms with Crippen molar-refractivity contribution in [3.8, 4) is 28.7 Å². The Morgan fingerprint density at radius 1 is 1.15 bits per heavy atom. The van der Waals surface area contributed by atoms with E-state index in [4.69, 9.17) is 18.9 Å². The van der Waals surface area contributed by atoms with E-state index in [2.05, 4.69) is 10.1 Å². The maximum atomic E-state index is 12.3. The van der Waals surface area contributed by atoms with Crippen LogP contribution in [0.15, 0.2) is 36.4 Å². The number of benzene rings is 2. The first kappa shape index (κ1) is 18.6. The maximum absolute atomic E-state index is 12.3. The molecule has 7 nitrogen and oxygen atoms in total. The molecule has 1 aliphatic heterocycles. The molecule has 3 rings (SSSR count). The zero-order valence-corrected chi connectivity index (χ0v) is 14.4. The molecule has 0 aliphatic carbocycles. The fourth-order valence-corrected chi connectivity index (χ4v) is 2.40. The largest absolute Gasteiger partial charge is 0.493 e. The third-order valence-electron chi connectivity index (χ3n) is 3.64. The first-order valence-electron chi connectivity index (χ1n) is 8.00. The van der Waals surface area contributed by atoms with E-state index in [0.29, 0.717) is 17.2 Å². The molecular formula is C18H17F2NO6. The molecule has 9 heteroatoms. The Morgan fingerprint density at radius 3 is 2.74 bits per heavy atom. The molecule has 1 N–H and O–H groups in total. The Hall–Kier alpha value is -3.23. The molecule has 2 aromatic carbocycles. The van der Waals surface area contributed by atoms with Gasteiger partial charge in [-0.15, -0.1) is 0 Å². The van der Waals surface area contributed by atoms with Crippen molar-refractivity contribution >= 4 is 5.91 Å². The van der Waals surface area contributed by atoms with Gasteiger partial charge < -0.3 is 29.0 Å². The Labute approximate surface area is 153 Å². The summed E-state index contributed by atoms with van der Waals surface area (Å²) in [6.45, 7) is -2.33. The molecule has 144 valence electrons. The minimum Gasteiger partial charge on any atom is -0.493 e. The number of hydrogen-bond donors (Lipinski definition) is 1. The minimum absolute atomic E-state index is 0.0413. The quantitative estimate of drug-likeness (QED) is 0.709. The van der Waals surface area contributed by atoms with E-state index in [1.807, 2.05) is 0 Å². The molecule has 0 bridgehead atoms. The molecule has 1 heterocycles. The van der Waals surface area contributed by atoms with Gasteiger partial charge >= 0.3 is 6.61 Å². The van der Waals surface area contributed by atoms with Crippen molar-refractivity contribution in [3.05, 3.63) is 42.0 Å². The lowest BCUT2D eigenvalue weighted by molar-refractivity contribution is -0.0512. The van der Waals surface area contributed by atoms with Crippen LogP contribution < -0.4 is 29.0 Å². The van der Waals surface area contributed by atoms with Crippen LogP contribution in [0.1, 0.15) is 10.4 Å². The molecule has 0 atom stereocenters. The third-order valence-corrected chi connectivity index (χ3v) is 3.64. The molecule has 0 unspecified atom stereocenters. The number of carbonyl (C=O) groups is 1. The van der Waals surface area contributed by atoms with E-state index in [1.165, 1.54) is 25.3 Å². The molecule has 0 saturated carbocycles. The highest BCUT2D eigenvalue weighted by Gasteiger charge is 2.15. The van der Waals surface area contributed by atoms with Crippen LogP contribution in [0, 0.1) is 0 Å². The van der Waals surface area contributed by atoms with Crippen molar-refractivity contribution in [1.82, 2.24) is 5.32 Å². The Balaban J connectivity index is 1.50. The second-order valence-corrected chi connectivity index (χ2v) is 5.36. The van der Waals surface area contributed by atoms with Crippen molar-refractivity contribution in [2.24, 2.45) is 0 Å². The summed E-state index contributed by atoms with van der Waals surface area (Å²) >= 11 is 0. The predicted molar refractivity (Wildman–Crippen MR) is 90.0 cm³/mol. The topological polar surface area (TPSA) is 75.3 Å². The van der Waals surface area contributed by atoms with Gasteiger partial charge in [-0.3, -0.25) is 4.79 Å². The van der Waals surface area contributed by atoms with Crippen molar-refractivity contribution in [3.63, 3.8) is 0 Å². The normalized spacial score (nSPS) is 12.0. The number of rotatable bonds is 8. The van der Waals surface area contributed by atoms with Gasteiger partial charge in [0.1, 0.15) is 12.4 Å².